The molecule has 1 rings (SSSR count). The number of aliphatic hydroxyl groups excluding tert-OH is 1. The molecule has 4 heteroatoms. The minimum Gasteiger partial charge on any atom is -0.391 e. The van der Waals surface area contributed by atoms with E-state index < -0.39 is 6.10 Å². The standard InChI is InChI=1S/C12H15ClN2O/c1-8(2)12(16)7-15-10-4-3-9(6-14)11(13)5-10/h3-5,8,12,15-16H,7H2,1-2H3. The third kappa shape index (κ3) is 3.41. The molecule has 86 valence electrons. The number of nitriles is 1. The van der Waals surface area contributed by atoms with E-state index in [1.54, 1.807) is 18.2 Å². The van der Waals surface area contributed by atoms with Gasteiger partial charge in [0.25, 0.3) is 0 Å². The summed E-state index contributed by atoms with van der Waals surface area (Å²) >= 11 is 5.88. The Morgan fingerprint density at radius 3 is 2.69 bits per heavy atom. The van der Waals surface area contributed by atoms with Crippen LogP contribution >= 0.6 is 11.6 Å². The summed E-state index contributed by atoms with van der Waals surface area (Å²) in [6.07, 6.45) is -0.394. The Kier molecular flexibility index (Phi) is 4.60. The van der Waals surface area contributed by atoms with Crippen molar-refractivity contribution in [3.63, 3.8) is 0 Å². The number of halogens is 1. The van der Waals surface area contributed by atoms with Gasteiger partial charge in [-0.3, -0.25) is 0 Å². The Morgan fingerprint density at radius 2 is 2.19 bits per heavy atom. The zero-order chi connectivity index (χ0) is 12.1. The van der Waals surface area contributed by atoms with E-state index in [9.17, 15) is 5.11 Å². The normalized spacial score (nSPS) is 12.2. The summed E-state index contributed by atoms with van der Waals surface area (Å²) in [5, 5.41) is 21.8. The van der Waals surface area contributed by atoms with Crippen LogP contribution in [0.3, 0.4) is 0 Å². The lowest BCUT2D eigenvalue weighted by atomic mass is 10.1. The molecule has 0 aromatic heterocycles. The molecule has 0 aliphatic carbocycles. The van der Waals surface area contributed by atoms with Crippen molar-refractivity contribution < 1.29 is 5.11 Å². The highest BCUT2D eigenvalue weighted by atomic mass is 35.5. The molecular formula is C12H15ClN2O. The number of hydrogen-bond acceptors (Lipinski definition) is 3. The second-order valence-electron chi connectivity index (χ2n) is 4.00. The van der Waals surface area contributed by atoms with E-state index in [4.69, 9.17) is 16.9 Å². The average molecular weight is 239 g/mol. The van der Waals surface area contributed by atoms with Gasteiger partial charge in [-0.25, -0.2) is 0 Å². The highest BCUT2D eigenvalue weighted by Gasteiger charge is 2.08. The smallest absolute Gasteiger partial charge is 0.101 e. The number of hydrogen-bond donors (Lipinski definition) is 2. The third-order valence-corrected chi connectivity index (χ3v) is 2.69. The van der Waals surface area contributed by atoms with Gasteiger partial charge in [0.2, 0.25) is 0 Å². The van der Waals surface area contributed by atoms with Gasteiger partial charge in [-0.2, -0.15) is 5.26 Å². The van der Waals surface area contributed by atoms with Crippen LogP contribution in [0.1, 0.15) is 19.4 Å². The molecule has 0 heterocycles. The first-order chi connectivity index (χ1) is 7.54. The summed E-state index contributed by atoms with van der Waals surface area (Å²) < 4.78 is 0. The fraction of sp³-hybridized carbons (Fsp3) is 0.417. The van der Waals surface area contributed by atoms with Crippen molar-refractivity contribution >= 4 is 17.3 Å². The monoisotopic (exact) mass is 238 g/mol. The Bertz CT molecular complexity index is 398. The number of benzene rings is 1. The van der Waals surface area contributed by atoms with Crippen LogP contribution in [0.25, 0.3) is 0 Å². The predicted molar refractivity (Wildman–Crippen MR) is 65.5 cm³/mol. The molecule has 0 amide bonds. The van der Waals surface area contributed by atoms with Gasteiger partial charge in [-0.1, -0.05) is 25.4 Å². The molecule has 0 radical (unpaired) electrons. The van der Waals surface area contributed by atoms with E-state index in [0.717, 1.165) is 5.69 Å². The molecule has 0 aliphatic heterocycles. The van der Waals surface area contributed by atoms with Gasteiger partial charge < -0.3 is 10.4 Å². The lowest BCUT2D eigenvalue weighted by Crippen LogP contribution is -2.24. The third-order valence-electron chi connectivity index (χ3n) is 2.37. The van der Waals surface area contributed by atoms with Crippen LogP contribution in [-0.4, -0.2) is 17.8 Å². The van der Waals surface area contributed by atoms with E-state index in [1.807, 2.05) is 19.9 Å². The minimum atomic E-state index is -0.394. The van der Waals surface area contributed by atoms with Crippen molar-refractivity contribution in [1.29, 1.82) is 5.26 Å². The minimum absolute atomic E-state index is 0.210. The molecule has 1 unspecified atom stereocenters. The molecule has 2 N–H and O–H groups in total. The lowest BCUT2D eigenvalue weighted by molar-refractivity contribution is 0.138. The molecular weight excluding hydrogens is 224 g/mol. The summed E-state index contributed by atoms with van der Waals surface area (Å²) in [5.74, 6) is 0.210. The van der Waals surface area contributed by atoms with Crippen molar-refractivity contribution in [2.75, 3.05) is 11.9 Å². The first kappa shape index (κ1) is 12.8. The Balaban J connectivity index is 2.63. The zero-order valence-electron chi connectivity index (χ0n) is 9.37. The van der Waals surface area contributed by atoms with Crippen LogP contribution in [0.5, 0.6) is 0 Å². The van der Waals surface area contributed by atoms with Crippen LogP contribution in [0.4, 0.5) is 5.69 Å². The van der Waals surface area contributed by atoms with Gasteiger partial charge in [0.15, 0.2) is 0 Å². The molecule has 16 heavy (non-hydrogen) atoms. The molecule has 0 spiro atoms. The Morgan fingerprint density at radius 1 is 1.50 bits per heavy atom. The van der Waals surface area contributed by atoms with Crippen LogP contribution < -0.4 is 5.32 Å². The van der Waals surface area contributed by atoms with E-state index in [1.165, 1.54) is 0 Å². The van der Waals surface area contributed by atoms with Gasteiger partial charge >= 0.3 is 0 Å². The van der Waals surface area contributed by atoms with Crippen molar-refractivity contribution in [3.8, 4) is 6.07 Å². The molecule has 0 saturated heterocycles. The SMILES string of the molecule is CC(C)C(O)CNc1ccc(C#N)c(Cl)c1. The molecule has 1 atom stereocenters. The van der Waals surface area contributed by atoms with E-state index in [-0.39, 0.29) is 5.92 Å². The first-order valence-electron chi connectivity index (χ1n) is 5.16. The summed E-state index contributed by atoms with van der Waals surface area (Å²) in [7, 11) is 0. The summed E-state index contributed by atoms with van der Waals surface area (Å²) in [5.41, 5.74) is 1.26. The zero-order valence-corrected chi connectivity index (χ0v) is 10.1. The van der Waals surface area contributed by atoms with Crippen molar-refractivity contribution in [2.45, 2.75) is 20.0 Å². The number of nitrogens with zero attached hydrogens (tertiary/aromatic N) is 1. The molecule has 1 aromatic rings. The van der Waals surface area contributed by atoms with Gasteiger partial charge in [0.05, 0.1) is 16.7 Å². The summed E-state index contributed by atoms with van der Waals surface area (Å²) in [6.45, 7) is 4.39. The maximum atomic E-state index is 9.61. The average Bonchev–Trinajstić information content (AvgIpc) is 2.25. The van der Waals surface area contributed by atoms with Gasteiger partial charge in [-0.05, 0) is 24.1 Å². The molecule has 0 fully saturated rings. The topological polar surface area (TPSA) is 56.0 Å². The van der Waals surface area contributed by atoms with Crippen molar-refractivity contribution in [1.82, 2.24) is 0 Å². The number of nitrogens with one attached hydrogen (secondary N) is 1. The fourth-order valence-electron chi connectivity index (χ4n) is 1.17. The van der Waals surface area contributed by atoms with E-state index in [2.05, 4.69) is 5.32 Å². The van der Waals surface area contributed by atoms with E-state index >= 15 is 0 Å². The Labute approximate surface area is 101 Å². The highest BCUT2D eigenvalue weighted by molar-refractivity contribution is 6.32. The predicted octanol–water partition coefficient (Wildman–Crippen LogP) is 2.64. The van der Waals surface area contributed by atoms with Crippen LogP contribution in [0, 0.1) is 17.2 Å². The molecule has 1 aromatic carbocycles. The number of rotatable bonds is 4. The summed E-state index contributed by atoms with van der Waals surface area (Å²) in [4.78, 5) is 0. The molecule has 0 saturated carbocycles. The first-order valence-corrected chi connectivity index (χ1v) is 5.54. The van der Waals surface area contributed by atoms with Crippen LogP contribution in [-0.2, 0) is 0 Å². The van der Waals surface area contributed by atoms with Crippen molar-refractivity contribution in [2.24, 2.45) is 5.92 Å². The quantitative estimate of drug-likeness (QED) is 0.848. The highest BCUT2D eigenvalue weighted by Crippen LogP contribution is 2.20. The van der Waals surface area contributed by atoms with Gasteiger partial charge in [0.1, 0.15) is 6.07 Å². The van der Waals surface area contributed by atoms with Gasteiger partial charge in [-0.15, -0.1) is 0 Å². The summed E-state index contributed by atoms with van der Waals surface area (Å²) in [6, 6.07) is 7.12. The van der Waals surface area contributed by atoms with Crippen LogP contribution in [0.15, 0.2) is 18.2 Å². The second-order valence-corrected chi connectivity index (χ2v) is 4.41. The number of anilines is 1. The maximum Gasteiger partial charge on any atom is 0.101 e. The van der Waals surface area contributed by atoms with Crippen molar-refractivity contribution in [3.05, 3.63) is 28.8 Å². The molecule has 3 nitrogen and oxygen atoms in total. The van der Waals surface area contributed by atoms with E-state index in [0.29, 0.717) is 17.1 Å². The molecule has 0 aliphatic rings. The Hall–Kier alpha value is -1.24. The van der Waals surface area contributed by atoms with Crippen LogP contribution in [0.2, 0.25) is 5.02 Å². The lowest BCUT2D eigenvalue weighted by Gasteiger charge is -2.16. The largest absolute Gasteiger partial charge is 0.391 e. The fourth-order valence-corrected chi connectivity index (χ4v) is 1.40. The molecule has 0 bridgehead atoms. The number of aliphatic hydroxyl groups is 1. The maximum absolute atomic E-state index is 9.61. The second kappa shape index (κ2) is 5.74. The van der Waals surface area contributed by atoms with Gasteiger partial charge in [0, 0.05) is 12.2 Å².